The first-order chi connectivity index (χ1) is 11.9. The maximum absolute atomic E-state index is 13.1. The first-order valence-electron chi connectivity index (χ1n) is 8.60. The molecule has 26 heavy (non-hydrogen) atoms. The Kier molecular flexibility index (Phi) is 7.06. The Bertz CT molecular complexity index is 657. The van der Waals surface area contributed by atoms with Crippen LogP contribution >= 0.6 is 24.0 Å². The van der Waals surface area contributed by atoms with Gasteiger partial charge in [0, 0.05) is 37.1 Å². The van der Waals surface area contributed by atoms with Gasteiger partial charge in [0.05, 0.1) is 12.6 Å². The van der Waals surface area contributed by atoms with Crippen molar-refractivity contribution in [1.82, 2.24) is 10.6 Å². The third-order valence-electron chi connectivity index (χ3n) is 5.17. The monoisotopic (exact) mass is 481 g/mol. The first-order valence-corrected chi connectivity index (χ1v) is 8.60. The Morgan fingerprint density at radius 3 is 2.81 bits per heavy atom. The highest BCUT2D eigenvalue weighted by Crippen LogP contribution is 2.52. The van der Waals surface area contributed by atoms with E-state index < -0.39 is 11.6 Å². The molecule has 2 fully saturated rings. The van der Waals surface area contributed by atoms with Crippen LogP contribution in [0.3, 0.4) is 0 Å². The van der Waals surface area contributed by atoms with Gasteiger partial charge in [0.25, 0.3) is 0 Å². The van der Waals surface area contributed by atoms with Crippen molar-refractivity contribution in [2.24, 2.45) is 16.3 Å². The van der Waals surface area contributed by atoms with Crippen molar-refractivity contribution in [3.63, 3.8) is 0 Å². The topological polar surface area (TPSA) is 54.9 Å². The average molecular weight is 481 g/mol. The van der Waals surface area contributed by atoms with E-state index in [-0.39, 0.29) is 29.4 Å². The van der Waals surface area contributed by atoms with Gasteiger partial charge in [-0.05, 0) is 18.6 Å². The average Bonchev–Trinajstić information content (AvgIpc) is 3.04. The van der Waals surface area contributed by atoms with E-state index in [1.54, 1.807) is 7.05 Å². The van der Waals surface area contributed by atoms with Crippen LogP contribution in [0.4, 0.5) is 8.78 Å². The van der Waals surface area contributed by atoms with Crippen LogP contribution in [0.15, 0.2) is 23.2 Å². The number of benzene rings is 1. The Morgan fingerprint density at radius 1 is 1.35 bits per heavy atom. The first kappa shape index (κ1) is 21.1. The maximum atomic E-state index is 13.1. The summed E-state index contributed by atoms with van der Waals surface area (Å²) in [6, 6.07) is 3.82. The molecule has 2 N–H and O–H groups in total. The molecule has 1 aromatic rings. The number of guanidine groups is 1. The molecule has 0 bridgehead atoms. The van der Waals surface area contributed by atoms with E-state index in [4.69, 9.17) is 9.47 Å². The van der Waals surface area contributed by atoms with Crippen LogP contribution in [-0.4, -0.2) is 44.9 Å². The van der Waals surface area contributed by atoms with Gasteiger partial charge in [-0.15, -0.1) is 24.0 Å². The molecule has 3 unspecified atom stereocenters. The molecule has 3 rings (SSSR count). The van der Waals surface area contributed by atoms with Gasteiger partial charge >= 0.3 is 0 Å². The molecule has 1 aliphatic carbocycles. The van der Waals surface area contributed by atoms with Crippen molar-refractivity contribution in [3.8, 4) is 5.75 Å². The number of hydrogen-bond donors (Lipinski definition) is 2. The van der Waals surface area contributed by atoms with Crippen molar-refractivity contribution in [2.75, 3.05) is 26.8 Å². The standard InChI is InChI=1S/C18H25F2N3O2.HI/c1-18(2)15(12-6-8-25-16(12)18)23-17(21-3)22-7-9-24-11-4-5-13(19)14(20)10-11;/h4-5,10,12,15-16H,6-9H2,1-3H3,(H2,21,22,23);1H. The predicted octanol–water partition coefficient (Wildman–Crippen LogP) is 2.94. The summed E-state index contributed by atoms with van der Waals surface area (Å²) in [7, 11) is 1.72. The molecule has 0 spiro atoms. The van der Waals surface area contributed by atoms with Crippen molar-refractivity contribution in [2.45, 2.75) is 32.4 Å². The Morgan fingerprint density at radius 2 is 2.12 bits per heavy atom. The summed E-state index contributed by atoms with van der Waals surface area (Å²) in [6.45, 7) is 6.05. The van der Waals surface area contributed by atoms with Crippen LogP contribution in [-0.2, 0) is 4.74 Å². The van der Waals surface area contributed by atoms with E-state index >= 15 is 0 Å². The number of nitrogens with one attached hydrogen (secondary N) is 2. The van der Waals surface area contributed by atoms with Gasteiger partial charge in [0.2, 0.25) is 0 Å². The van der Waals surface area contributed by atoms with E-state index in [1.807, 2.05) is 0 Å². The van der Waals surface area contributed by atoms with Gasteiger partial charge in [-0.3, -0.25) is 4.99 Å². The molecule has 5 nitrogen and oxygen atoms in total. The van der Waals surface area contributed by atoms with Gasteiger partial charge in [-0.25, -0.2) is 8.78 Å². The fourth-order valence-corrected chi connectivity index (χ4v) is 3.86. The summed E-state index contributed by atoms with van der Waals surface area (Å²) in [6.07, 6.45) is 1.39. The number of hydrogen-bond acceptors (Lipinski definition) is 3. The second-order valence-corrected chi connectivity index (χ2v) is 7.11. The number of nitrogens with zero attached hydrogens (tertiary/aromatic N) is 1. The normalized spacial score (nSPS) is 26.3. The smallest absolute Gasteiger partial charge is 0.191 e. The number of halogens is 3. The third-order valence-corrected chi connectivity index (χ3v) is 5.17. The molecule has 146 valence electrons. The Hall–Kier alpha value is -1.16. The van der Waals surface area contributed by atoms with E-state index in [1.165, 1.54) is 6.07 Å². The van der Waals surface area contributed by atoms with E-state index in [9.17, 15) is 8.78 Å². The molecule has 1 aliphatic heterocycles. The largest absolute Gasteiger partial charge is 0.492 e. The molecule has 1 aromatic carbocycles. The van der Waals surface area contributed by atoms with Crippen LogP contribution in [0.5, 0.6) is 5.75 Å². The number of aliphatic imine (C=N–C) groups is 1. The van der Waals surface area contributed by atoms with Crippen LogP contribution in [0.25, 0.3) is 0 Å². The zero-order chi connectivity index (χ0) is 18.0. The summed E-state index contributed by atoms with van der Waals surface area (Å²) < 4.78 is 37.2. The highest BCUT2D eigenvalue weighted by Gasteiger charge is 2.59. The summed E-state index contributed by atoms with van der Waals surface area (Å²) >= 11 is 0. The minimum Gasteiger partial charge on any atom is -0.492 e. The van der Waals surface area contributed by atoms with Gasteiger partial charge in [0.15, 0.2) is 17.6 Å². The lowest BCUT2D eigenvalue weighted by Crippen LogP contribution is -2.68. The highest BCUT2D eigenvalue weighted by molar-refractivity contribution is 14.0. The third kappa shape index (κ3) is 4.21. The van der Waals surface area contributed by atoms with Crippen LogP contribution in [0, 0.1) is 23.0 Å². The molecule has 1 saturated heterocycles. The van der Waals surface area contributed by atoms with Crippen LogP contribution in [0.1, 0.15) is 20.3 Å². The molecule has 0 radical (unpaired) electrons. The minimum atomic E-state index is -0.913. The lowest BCUT2D eigenvalue weighted by molar-refractivity contribution is -0.106. The molecule has 1 heterocycles. The maximum Gasteiger partial charge on any atom is 0.191 e. The van der Waals surface area contributed by atoms with Crippen molar-refractivity contribution in [1.29, 1.82) is 0 Å². The SMILES string of the molecule is CN=C(NCCOc1ccc(F)c(F)c1)NC1C2CCOC2C1(C)C.I. The van der Waals surface area contributed by atoms with Gasteiger partial charge in [-0.2, -0.15) is 0 Å². The zero-order valence-corrected chi connectivity index (χ0v) is 17.6. The fraction of sp³-hybridized carbons (Fsp3) is 0.611. The number of fused-ring (bicyclic) bond motifs is 1. The molecule has 8 heteroatoms. The molecule has 3 atom stereocenters. The van der Waals surface area contributed by atoms with E-state index in [0.29, 0.717) is 42.9 Å². The van der Waals surface area contributed by atoms with Gasteiger partial charge < -0.3 is 20.1 Å². The quantitative estimate of drug-likeness (QED) is 0.294. The molecular formula is C18H26F2IN3O2. The van der Waals surface area contributed by atoms with Gasteiger partial charge in [0.1, 0.15) is 12.4 Å². The molecular weight excluding hydrogens is 455 g/mol. The Balaban J connectivity index is 0.00000243. The van der Waals surface area contributed by atoms with Crippen LogP contribution in [0.2, 0.25) is 0 Å². The lowest BCUT2D eigenvalue weighted by atomic mass is 9.57. The van der Waals surface area contributed by atoms with Crippen molar-refractivity contribution >= 4 is 29.9 Å². The molecule has 1 saturated carbocycles. The summed E-state index contributed by atoms with van der Waals surface area (Å²) in [5, 5.41) is 6.66. The van der Waals surface area contributed by atoms with Crippen molar-refractivity contribution < 1.29 is 18.3 Å². The zero-order valence-electron chi connectivity index (χ0n) is 15.2. The second-order valence-electron chi connectivity index (χ2n) is 7.11. The number of rotatable bonds is 5. The van der Waals surface area contributed by atoms with E-state index in [2.05, 4.69) is 29.5 Å². The van der Waals surface area contributed by atoms with E-state index in [0.717, 1.165) is 25.2 Å². The lowest BCUT2D eigenvalue weighted by Gasteiger charge is -2.54. The van der Waals surface area contributed by atoms with Crippen LogP contribution < -0.4 is 15.4 Å². The highest BCUT2D eigenvalue weighted by atomic mass is 127. The molecule has 2 aliphatic rings. The van der Waals surface area contributed by atoms with Gasteiger partial charge in [-0.1, -0.05) is 13.8 Å². The van der Waals surface area contributed by atoms with Crippen molar-refractivity contribution in [3.05, 3.63) is 29.8 Å². The molecule has 0 aromatic heterocycles. The second kappa shape index (κ2) is 8.69. The Labute approximate surface area is 169 Å². The summed E-state index contributed by atoms with van der Waals surface area (Å²) in [5.74, 6) is -0.269. The summed E-state index contributed by atoms with van der Waals surface area (Å²) in [5.41, 5.74) is 0.0704. The minimum absolute atomic E-state index is 0. The molecule has 0 amide bonds. The summed E-state index contributed by atoms with van der Waals surface area (Å²) in [4.78, 5) is 4.25. The fourth-order valence-electron chi connectivity index (χ4n) is 3.86. The predicted molar refractivity (Wildman–Crippen MR) is 107 cm³/mol. The number of ether oxygens (including phenoxy) is 2.